The van der Waals surface area contributed by atoms with Gasteiger partial charge in [0, 0.05) is 11.1 Å². The largest absolute Gasteiger partial charge is 0.490 e. The zero-order valence-electron chi connectivity index (χ0n) is 15.4. The van der Waals surface area contributed by atoms with E-state index < -0.39 is 6.10 Å². The molecule has 0 unspecified atom stereocenters. The molecule has 0 fully saturated rings. The molecule has 1 heterocycles. The molecule has 0 aliphatic heterocycles. The number of rotatable bonds is 7. The number of benzene rings is 3. The second kappa shape index (κ2) is 8.41. The summed E-state index contributed by atoms with van der Waals surface area (Å²) in [5, 5.41) is 25.1. The zero-order chi connectivity index (χ0) is 19.3. The second-order valence-electron chi connectivity index (χ2n) is 6.41. The van der Waals surface area contributed by atoms with Gasteiger partial charge in [0.2, 0.25) is 5.16 Å². The van der Waals surface area contributed by atoms with Crippen molar-refractivity contribution in [2.24, 2.45) is 0 Å². The molecule has 0 aliphatic rings. The molecule has 0 saturated heterocycles. The van der Waals surface area contributed by atoms with Gasteiger partial charge in [-0.25, -0.2) is 0 Å². The maximum absolute atomic E-state index is 10.4. The highest BCUT2D eigenvalue weighted by Gasteiger charge is 2.14. The minimum absolute atomic E-state index is 0.201. The third-order valence-corrected chi connectivity index (χ3v) is 5.43. The highest BCUT2D eigenvalue weighted by molar-refractivity contribution is 7.99. The van der Waals surface area contributed by atoms with Crippen LogP contribution in [-0.2, 0) is 0 Å². The van der Waals surface area contributed by atoms with Crippen LogP contribution in [0.2, 0.25) is 0 Å². The molecular weight excluding hydrogens is 372 g/mol. The number of ether oxygens (including phenoxy) is 1. The van der Waals surface area contributed by atoms with E-state index in [-0.39, 0.29) is 6.61 Å². The van der Waals surface area contributed by atoms with Crippen molar-refractivity contribution in [1.29, 1.82) is 0 Å². The lowest BCUT2D eigenvalue weighted by Gasteiger charge is -2.13. The van der Waals surface area contributed by atoms with Crippen LogP contribution in [0.25, 0.3) is 16.5 Å². The van der Waals surface area contributed by atoms with Gasteiger partial charge in [-0.1, -0.05) is 66.4 Å². The van der Waals surface area contributed by atoms with E-state index in [9.17, 15) is 5.11 Å². The van der Waals surface area contributed by atoms with Crippen LogP contribution >= 0.6 is 11.8 Å². The number of thioether (sulfide) groups is 1. The van der Waals surface area contributed by atoms with Crippen molar-refractivity contribution in [3.05, 3.63) is 72.3 Å². The number of para-hydroxylation sites is 1. The first-order chi connectivity index (χ1) is 13.7. The van der Waals surface area contributed by atoms with Crippen LogP contribution in [0.1, 0.15) is 5.56 Å². The number of tetrazole rings is 1. The third-order valence-electron chi connectivity index (χ3n) is 4.37. The fraction of sp³-hybridized carbons (Fsp3) is 0.190. The van der Waals surface area contributed by atoms with Gasteiger partial charge in [-0.05, 0) is 40.4 Å². The molecule has 0 amide bonds. The average molecular weight is 392 g/mol. The summed E-state index contributed by atoms with van der Waals surface area (Å²) in [4.78, 5) is 0. The van der Waals surface area contributed by atoms with Crippen molar-refractivity contribution >= 4 is 22.5 Å². The summed E-state index contributed by atoms with van der Waals surface area (Å²) in [6.07, 6.45) is -0.647. The molecule has 0 bridgehead atoms. The van der Waals surface area contributed by atoms with Gasteiger partial charge in [0.25, 0.3) is 0 Å². The highest BCUT2D eigenvalue weighted by Crippen LogP contribution is 2.26. The minimum Gasteiger partial charge on any atom is -0.490 e. The molecule has 4 rings (SSSR count). The van der Waals surface area contributed by atoms with E-state index in [1.54, 1.807) is 4.68 Å². The molecular formula is C21H20N4O2S. The summed E-state index contributed by atoms with van der Waals surface area (Å²) >= 11 is 1.40. The highest BCUT2D eigenvalue weighted by atomic mass is 32.2. The van der Waals surface area contributed by atoms with Gasteiger partial charge in [0.1, 0.15) is 12.4 Å². The predicted molar refractivity (Wildman–Crippen MR) is 110 cm³/mol. The van der Waals surface area contributed by atoms with Crippen LogP contribution in [-0.4, -0.2) is 43.8 Å². The van der Waals surface area contributed by atoms with Crippen LogP contribution in [0.5, 0.6) is 5.75 Å². The van der Waals surface area contributed by atoms with Gasteiger partial charge in [-0.3, -0.25) is 0 Å². The van der Waals surface area contributed by atoms with Gasteiger partial charge < -0.3 is 9.84 Å². The Balaban J connectivity index is 1.39. The summed E-state index contributed by atoms with van der Waals surface area (Å²) in [5.41, 5.74) is 2.01. The van der Waals surface area contributed by atoms with E-state index in [0.29, 0.717) is 10.9 Å². The molecule has 0 spiro atoms. The Labute approximate surface area is 167 Å². The van der Waals surface area contributed by atoms with E-state index in [0.717, 1.165) is 27.8 Å². The Hall–Kier alpha value is -2.90. The fourth-order valence-electron chi connectivity index (χ4n) is 2.95. The Bertz CT molecular complexity index is 1080. The van der Waals surface area contributed by atoms with Crippen molar-refractivity contribution in [3.63, 3.8) is 0 Å². The molecule has 1 N–H and O–H groups in total. The van der Waals surface area contributed by atoms with E-state index in [4.69, 9.17) is 4.74 Å². The van der Waals surface area contributed by atoms with E-state index in [2.05, 4.69) is 15.5 Å². The van der Waals surface area contributed by atoms with E-state index in [1.807, 2.05) is 73.7 Å². The van der Waals surface area contributed by atoms with Crippen molar-refractivity contribution < 1.29 is 9.84 Å². The lowest BCUT2D eigenvalue weighted by atomic mass is 10.1. The van der Waals surface area contributed by atoms with Crippen LogP contribution in [0, 0.1) is 6.92 Å². The maximum Gasteiger partial charge on any atom is 0.214 e. The summed E-state index contributed by atoms with van der Waals surface area (Å²) in [5.74, 6) is 1.20. The Morgan fingerprint density at radius 1 is 1.04 bits per heavy atom. The number of aliphatic hydroxyl groups excluding tert-OH is 1. The molecule has 0 saturated carbocycles. The Morgan fingerprint density at radius 2 is 1.82 bits per heavy atom. The number of fused-ring (bicyclic) bond motifs is 1. The standard InChI is InChI=1S/C21H20N4O2S/c1-15-7-2-5-11-19(15)25-21(22-23-24-25)28-14-17(26)13-27-20-12-6-9-16-8-3-4-10-18(16)20/h2-12,17,26H,13-14H2,1H3/t17-/m1/s1. The van der Waals surface area contributed by atoms with E-state index >= 15 is 0 Å². The van der Waals surface area contributed by atoms with Crippen molar-refractivity contribution in [1.82, 2.24) is 20.2 Å². The summed E-state index contributed by atoms with van der Waals surface area (Å²) in [6.45, 7) is 2.21. The van der Waals surface area contributed by atoms with Crippen molar-refractivity contribution in [3.8, 4) is 11.4 Å². The van der Waals surface area contributed by atoms with Gasteiger partial charge >= 0.3 is 0 Å². The lowest BCUT2D eigenvalue weighted by Crippen LogP contribution is -2.20. The number of aryl methyl sites for hydroxylation is 1. The SMILES string of the molecule is Cc1ccccc1-n1nnnc1SC[C@H](O)COc1cccc2ccccc12. The zero-order valence-corrected chi connectivity index (χ0v) is 16.2. The van der Waals surface area contributed by atoms with Crippen molar-refractivity contribution in [2.45, 2.75) is 18.2 Å². The van der Waals surface area contributed by atoms with Gasteiger partial charge in [-0.2, -0.15) is 4.68 Å². The summed E-state index contributed by atoms with van der Waals surface area (Å²) < 4.78 is 7.56. The first-order valence-corrected chi connectivity index (χ1v) is 9.97. The second-order valence-corrected chi connectivity index (χ2v) is 7.40. The monoisotopic (exact) mass is 392 g/mol. The minimum atomic E-state index is -0.647. The number of nitrogens with zero attached hydrogens (tertiary/aromatic N) is 4. The molecule has 6 nitrogen and oxygen atoms in total. The lowest BCUT2D eigenvalue weighted by molar-refractivity contribution is 0.127. The Morgan fingerprint density at radius 3 is 2.71 bits per heavy atom. The molecule has 1 aromatic heterocycles. The van der Waals surface area contributed by atoms with Crippen molar-refractivity contribution in [2.75, 3.05) is 12.4 Å². The van der Waals surface area contributed by atoms with E-state index in [1.165, 1.54) is 11.8 Å². The first kappa shape index (κ1) is 18.5. The van der Waals surface area contributed by atoms with Crippen LogP contribution in [0.3, 0.4) is 0 Å². The number of aliphatic hydroxyl groups is 1. The molecule has 3 aromatic carbocycles. The van der Waals surface area contributed by atoms with Crippen LogP contribution in [0.4, 0.5) is 0 Å². The van der Waals surface area contributed by atoms with Crippen LogP contribution < -0.4 is 4.74 Å². The molecule has 7 heteroatoms. The topological polar surface area (TPSA) is 73.1 Å². The molecule has 28 heavy (non-hydrogen) atoms. The van der Waals surface area contributed by atoms with Gasteiger partial charge in [-0.15, -0.1) is 5.10 Å². The van der Waals surface area contributed by atoms with Gasteiger partial charge in [0.05, 0.1) is 11.8 Å². The third kappa shape index (κ3) is 4.00. The molecule has 0 aliphatic carbocycles. The van der Waals surface area contributed by atoms with Gasteiger partial charge in [0.15, 0.2) is 0 Å². The Kier molecular flexibility index (Phi) is 5.55. The molecule has 1 atom stereocenters. The molecule has 142 valence electrons. The maximum atomic E-state index is 10.4. The number of aromatic nitrogens is 4. The molecule has 4 aromatic rings. The quantitative estimate of drug-likeness (QED) is 0.484. The number of hydrogen-bond acceptors (Lipinski definition) is 6. The first-order valence-electron chi connectivity index (χ1n) is 8.98. The predicted octanol–water partition coefficient (Wildman–Crippen LogP) is 3.66. The molecule has 0 radical (unpaired) electrons. The fourth-order valence-corrected chi connectivity index (χ4v) is 3.74. The van der Waals surface area contributed by atoms with Crippen LogP contribution in [0.15, 0.2) is 71.9 Å². The normalized spacial score (nSPS) is 12.2. The average Bonchev–Trinajstić information content (AvgIpc) is 3.19. The summed E-state index contributed by atoms with van der Waals surface area (Å²) in [7, 11) is 0. The number of hydrogen-bond donors (Lipinski definition) is 1. The summed E-state index contributed by atoms with van der Waals surface area (Å²) in [6, 6.07) is 21.9. The smallest absolute Gasteiger partial charge is 0.214 e.